The van der Waals surface area contributed by atoms with Gasteiger partial charge in [0.15, 0.2) is 0 Å². The molecule has 0 saturated carbocycles. The van der Waals surface area contributed by atoms with E-state index in [2.05, 4.69) is 46.8 Å². The van der Waals surface area contributed by atoms with Crippen LogP contribution in [-0.4, -0.2) is 23.7 Å². The molecular formula is C19H23N3O2. The Morgan fingerprint density at radius 3 is 2.88 bits per heavy atom. The van der Waals surface area contributed by atoms with Gasteiger partial charge in [-0.2, -0.15) is 0 Å². The Hall–Kier alpha value is -2.40. The van der Waals surface area contributed by atoms with Gasteiger partial charge in [-0.1, -0.05) is 35.9 Å². The van der Waals surface area contributed by atoms with E-state index in [1.165, 1.54) is 5.56 Å². The molecule has 2 N–H and O–H groups in total. The number of aryl methyl sites for hydroxylation is 1. The Morgan fingerprint density at radius 2 is 2.12 bits per heavy atom. The Bertz CT molecular complexity index is 658. The van der Waals surface area contributed by atoms with E-state index in [1.54, 1.807) is 12.4 Å². The number of hydrogen-bond donors (Lipinski definition) is 2. The highest BCUT2D eigenvalue weighted by molar-refractivity contribution is 5.74. The number of rotatable bonds is 4. The second-order valence-corrected chi connectivity index (χ2v) is 6.14. The molecule has 2 atom stereocenters. The van der Waals surface area contributed by atoms with Gasteiger partial charge in [-0.05, 0) is 37.0 Å². The predicted molar refractivity (Wildman–Crippen MR) is 92.5 cm³/mol. The molecule has 1 aliphatic heterocycles. The van der Waals surface area contributed by atoms with Crippen LogP contribution in [0.5, 0.6) is 0 Å². The summed E-state index contributed by atoms with van der Waals surface area (Å²) in [5.74, 6) is 0. The number of nitrogens with one attached hydrogen (secondary N) is 2. The van der Waals surface area contributed by atoms with Gasteiger partial charge in [0.1, 0.15) is 6.10 Å². The lowest BCUT2D eigenvalue weighted by atomic mass is 9.95. The number of urea groups is 1. The zero-order valence-electron chi connectivity index (χ0n) is 13.9. The van der Waals surface area contributed by atoms with Gasteiger partial charge in [0.2, 0.25) is 0 Å². The van der Waals surface area contributed by atoms with Crippen LogP contribution in [0.25, 0.3) is 0 Å². The van der Waals surface area contributed by atoms with Gasteiger partial charge in [0, 0.05) is 25.5 Å². The largest absolute Gasteiger partial charge is 0.371 e. The van der Waals surface area contributed by atoms with Gasteiger partial charge in [-0.3, -0.25) is 4.98 Å². The summed E-state index contributed by atoms with van der Waals surface area (Å²) in [6.45, 7) is 3.25. The van der Waals surface area contributed by atoms with Crippen molar-refractivity contribution >= 4 is 6.03 Å². The van der Waals surface area contributed by atoms with Crippen molar-refractivity contribution < 1.29 is 9.53 Å². The summed E-state index contributed by atoms with van der Waals surface area (Å²) in [7, 11) is 0. The van der Waals surface area contributed by atoms with Gasteiger partial charge in [0.05, 0.1) is 6.04 Å². The lowest BCUT2D eigenvalue weighted by molar-refractivity contribution is -0.00743. The highest BCUT2D eigenvalue weighted by Gasteiger charge is 2.28. The van der Waals surface area contributed by atoms with E-state index < -0.39 is 0 Å². The topological polar surface area (TPSA) is 63.2 Å². The number of ether oxygens (including phenoxy) is 1. The van der Waals surface area contributed by atoms with E-state index in [0.29, 0.717) is 6.54 Å². The molecule has 2 aromatic rings. The number of hydrogen-bond acceptors (Lipinski definition) is 3. The van der Waals surface area contributed by atoms with Gasteiger partial charge >= 0.3 is 6.03 Å². The second-order valence-electron chi connectivity index (χ2n) is 6.14. The molecule has 1 aromatic heterocycles. The van der Waals surface area contributed by atoms with Crippen LogP contribution >= 0.6 is 0 Å². The molecular weight excluding hydrogens is 302 g/mol. The molecule has 5 heteroatoms. The molecule has 126 valence electrons. The fourth-order valence-corrected chi connectivity index (χ4v) is 2.92. The number of pyridine rings is 1. The first-order chi connectivity index (χ1) is 11.7. The Balaban J connectivity index is 1.59. The molecule has 0 spiro atoms. The molecule has 0 aliphatic carbocycles. The fourth-order valence-electron chi connectivity index (χ4n) is 2.92. The molecule has 1 aromatic carbocycles. The third kappa shape index (κ3) is 4.32. The average Bonchev–Trinajstić information content (AvgIpc) is 2.62. The maximum absolute atomic E-state index is 12.2. The molecule has 3 rings (SSSR count). The highest BCUT2D eigenvalue weighted by Crippen LogP contribution is 2.28. The van der Waals surface area contributed by atoms with E-state index >= 15 is 0 Å². The highest BCUT2D eigenvalue weighted by atomic mass is 16.5. The van der Waals surface area contributed by atoms with Crippen LogP contribution in [-0.2, 0) is 11.3 Å². The average molecular weight is 325 g/mol. The number of benzene rings is 1. The molecule has 0 radical (unpaired) electrons. The maximum Gasteiger partial charge on any atom is 0.315 e. The molecule has 24 heavy (non-hydrogen) atoms. The van der Waals surface area contributed by atoms with Crippen LogP contribution in [0, 0.1) is 6.92 Å². The van der Waals surface area contributed by atoms with Crippen molar-refractivity contribution in [3.05, 3.63) is 65.5 Å². The number of nitrogens with zero attached hydrogens (tertiary/aromatic N) is 1. The van der Waals surface area contributed by atoms with Crippen LogP contribution in [0.1, 0.15) is 35.6 Å². The van der Waals surface area contributed by atoms with Crippen LogP contribution in [0.2, 0.25) is 0 Å². The van der Waals surface area contributed by atoms with Crippen LogP contribution in [0.4, 0.5) is 4.79 Å². The van der Waals surface area contributed by atoms with Gasteiger partial charge in [-0.15, -0.1) is 0 Å². The first-order valence-corrected chi connectivity index (χ1v) is 8.34. The van der Waals surface area contributed by atoms with E-state index in [4.69, 9.17) is 4.74 Å². The van der Waals surface area contributed by atoms with E-state index in [1.807, 2.05) is 12.1 Å². The minimum Gasteiger partial charge on any atom is -0.371 e. The predicted octanol–water partition coefficient (Wildman–Crippen LogP) is 3.11. The first kappa shape index (κ1) is 16.5. The summed E-state index contributed by atoms with van der Waals surface area (Å²) in [6.07, 6.45) is 5.24. The number of amides is 2. The van der Waals surface area contributed by atoms with E-state index in [0.717, 1.165) is 30.6 Å². The molecule has 0 bridgehead atoms. The quantitative estimate of drug-likeness (QED) is 0.908. The zero-order chi connectivity index (χ0) is 16.8. The SMILES string of the molecule is Cc1ccc([C@H]2OCCC[C@H]2NC(=O)NCc2cccnc2)cc1. The van der Waals surface area contributed by atoms with Gasteiger partial charge in [0.25, 0.3) is 0 Å². The number of carbonyl (C=O) groups is 1. The summed E-state index contributed by atoms with van der Waals surface area (Å²) in [5, 5.41) is 5.94. The van der Waals surface area contributed by atoms with Crippen molar-refractivity contribution in [3.8, 4) is 0 Å². The van der Waals surface area contributed by atoms with Crippen molar-refractivity contribution in [1.29, 1.82) is 0 Å². The lowest BCUT2D eigenvalue weighted by Crippen LogP contribution is -2.46. The van der Waals surface area contributed by atoms with Crippen molar-refractivity contribution in [1.82, 2.24) is 15.6 Å². The third-order valence-electron chi connectivity index (χ3n) is 4.22. The molecule has 2 amide bonds. The smallest absolute Gasteiger partial charge is 0.315 e. The van der Waals surface area contributed by atoms with E-state index in [9.17, 15) is 4.79 Å². The Labute approximate surface area is 142 Å². The fraction of sp³-hybridized carbons (Fsp3) is 0.368. The molecule has 1 aliphatic rings. The number of aromatic nitrogens is 1. The summed E-state index contributed by atoms with van der Waals surface area (Å²) < 4.78 is 5.93. The summed E-state index contributed by atoms with van der Waals surface area (Å²) in [4.78, 5) is 16.3. The molecule has 2 heterocycles. The van der Waals surface area contributed by atoms with Gasteiger partial charge in [-0.25, -0.2) is 4.79 Å². The normalized spacial score (nSPS) is 20.4. The summed E-state index contributed by atoms with van der Waals surface area (Å²) in [6, 6.07) is 11.9. The standard InChI is InChI=1S/C19H23N3O2/c1-14-6-8-16(9-7-14)18-17(5-3-11-24-18)22-19(23)21-13-15-4-2-10-20-12-15/h2,4,6-10,12,17-18H,3,5,11,13H2,1H3,(H2,21,22,23)/t17-,18-/m1/s1. The molecule has 0 unspecified atom stereocenters. The van der Waals surface area contributed by atoms with Crippen LogP contribution < -0.4 is 10.6 Å². The first-order valence-electron chi connectivity index (χ1n) is 8.34. The maximum atomic E-state index is 12.2. The Morgan fingerprint density at radius 1 is 1.29 bits per heavy atom. The molecule has 5 nitrogen and oxygen atoms in total. The monoisotopic (exact) mass is 325 g/mol. The lowest BCUT2D eigenvalue weighted by Gasteiger charge is -2.32. The minimum atomic E-state index is -0.175. The zero-order valence-corrected chi connectivity index (χ0v) is 13.9. The summed E-state index contributed by atoms with van der Waals surface area (Å²) >= 11 is 0. The number of carbonyl (C=O) groups excluding carboxylic acids is 1. The minimum absolute atomic E-state index is 0.0182. The third-order valence-corrected chi connectivity index (χ3v) is 4.22. The Kier molecular flexibility index (Phi) is 5.43. The second kappa shape index (κ2) is 7.93. The summed E-state index contributed by atoms with van der Waals surface area (Å²) in [5.41, 5.74) is 3.30. The van der Waals surface area contributed by atoms with Gasteiger partial charge < -0.3 is 15.4 Å². The van der Waals surface area contributed by atoms with Crippen molar-refractivity contribution in [3.63, 3.8) is 0 Å². The van der Waals surface area contributed by atoms with Crippen molar-refractivity contribution in [2.24, 2.45) is 0 Å². The van der Waals surface area contributed by atoms with Crippen LogP contribution in [0.3, 0.4) is 0 Å². The molecule has 1 saturated heterocycles. The van der Waals surface area contributed by atoms with Crippen molar-refractivity contribution in [2.45, 2.75) is 38.5 Å². The van der Waals surface area contributed by atoms with E-state index in [-0.39, 0.29) is 18.2 Å². The molecule has 1 fully saturated rings. The van der Waals surface area contributed by atoms with Crippen molar-refractivity contribution in [2.75, 3.05) is 6.61 Å². The van der Waals surface area contributed by atoms with Crippen LogP contribution in [0.15, 0.2) is 48.8 Å².